The Morgan fingerprint density at radius 3 is 2.66 bits per heavy atom. The van der Waals surface area contributed by atoms with Crippen molar-refractivity contribution in [3.05, 3.63) is 71.2 Å². The molecular formula is C25H27N5O2. The summed E-state index contributed by atoms with van der Waals surface area (Å²) in [6.45, 7) is 5.82. The zero-order valence-electron chi connectivity index (χ0n) is 18.7. The first-order chi connectivity index (χ1) is 15.3. The van der Waals surface area contributed by atoms with Gasteiger partial charge in [-0.25, -0.2) is 9.97 Å². The molecule has 7 heteroatoms. The number of aliphatic hydroxyl groups excluding tert-OH is 1. The van der Waals surface area contributed by atoms with Crippen LogP contribution in [0.3, 0.4) is 0 Å². The molecule has 2 aromatic heterocycles. The molecule has 0 saturated heterocycles. The summed E-state index contributed by atoms with van der Waals surface area (Å²) in [5.74, 6) is 0.599. The maximum Gasteiger partial charge on any atom is 0.257 e. The fraction of sp³-hybridized carbons (Fsp3) is 0.240. The van der Waals surface area contributed by atoms with Gasteiger partial charge in [-0.05, 0) is 54.7 Å². The van der Waals surface area contributed by atoms with Crippen LogP contribution in [0, 0.1) is 13.8 Å². The number of nitrogen functional groups attached to an aromatic ring is 1. The Bertz CT molecular complexity index is 1330. The molecule has 0 aliphatic rings. The first-order valence-electron chi connectivity index (χ1n) is 10.6. The summed E-state index contributed by atoms with van der Waals surface area (Å²) in [6.07, 6.45) is 1.59. The fourth-order valence-electron chi connectivity index (χ4n) is 4.00. The van der Waals surface area contributed by atoms with E-state index < -0.39 is 12.0 Å². The number of hydrogen-bond acceptors (Lipinski definition) is 5. The summed E-state index contributed by atoms with van der Waals surface area (Å²) in [7, 11) is 1.93. The molecule has 1 amide bonds. The summed E-state index contributed by atoms with van der Waals surface area (Å²) < 4.78 is 1.94. The number of nitrogens with zero attached hydrogens (tertiary/aromatic N) is 3. The molecular weight excluding hydrogens is 402 g/mol. The lowest BCUT2D eigenvalue weighted by Crippen LogP contribution is -2.21. The molecule has 2 aromatic carbocycles. The summed E-state index contributed by atoms with van der Waals surface area (Å²) >= 11 is 0. The Balaban J connectivity index is 1.62. The highest BCUT2D eigenvalue weighted by molar-refractivity contribution is 6.02. The average molecular weight is 430 g/mol. The summed E-state index contributed by atoms with van der Waals surface area (Å²) in [6, 6.07) is 13.1. The number of nitrogens with one attached hydrogen (secondary N) is 1. The number of carbonyl (C=O) groups is 1. The SMILES string of the molecule is CCc1cccc(C(O)C(=O)Nc2ccc(-c3cn(C)c4nc(C)nc(N)c34)c(C)c2)c1. The van der Waals surface area contributed by atoms with Crippen LogP contribution in [0.25, 0.3) is 22.2 Å². The van der Waals surface area contributed by atoms with Gasteiger partial charge in [0.1, 0.15) is 17.3 Å². The van der Waals surface area contributed by atoms with Crippen molar-refractivity contribution in [1.82, 2.24) is 14.5 Å². The van der Waals surface area contributed by atoms with Gasteiger partial charge in [0.2, 0.25) is 0 Å². The third-order valence-corrected chi connectivity index (χ3v) is 5.66. The number of fused-ring (bicyclic) bond motifs is 1. The minimum Gasteiger partial charge on any atom is -0.383 e. The van der Waals surface area contributed by atoms with Gasteiger partial charge in [0.15, 0.2) is 6.10 Å². The maximum absolute atomic E-state index is 12.6. The van der Waals surface area contributed by atoms with Gasteiger partial charge in [-0.1, -0.05) is 37.3 Å². The maximum atomic E-state index is 12.6. The number of nitrogens with two attached hydrogens (primary N) is 1. The molecule has 164 valence electrons. The number of anilines is 2. The van der Waals surface area contributed by atoms with Crippen molar-refractivity contribution in [3.8, 4) is 11.1 Å². The standard InChI is InChI=1S/C25H27N5O2/c1-5-16-7-6-8-17(12-16)22(31)25(32)29-18-9-10-19(14(2)11-18)20-13-30(4)24-21(20)23(26)27-15(3)28-24/h6-13,22,31H,5H2,1-4H3,(H,29,32)(H2,26,27,28). The van der Waals surface area contributed by atoms with Gasteiger partial charge in [-0.15, -0.1) is 0 Å². The van der Waals surface area contributed by atoms with Crippen molar-refractivity contribution in [1.29, 1.82) is 0 Å². The number of hydrogen-bond donors (Lipinski definition) is 3. The second-order valence-electron chi connectivity index (χ2n) is 8.03. The lowest BCUT2D eigenvalue weighted by Gasteiger charge is -2.14. The predicted octanol–water partition coefficient (Wildman–Crippen LogP) is 4.07. The van der Waals surface area contributed by atoms with E-state index in [1.807, 2.05) is 75.0 Å². The summed E-state index contributed by atoms with van der Waals surface area (Å²) in [5, 5.41) is 14.1. The van der Waals surface area contributed by atoms with Crippen LogP contribution >= 0.6 is 0 Å². The fourth-order valence-corrected chi connectivity index (χ4v) is 4.00. The van der Waals surface area contributed by atoms with E-state index in [9.17, 15) is 9.90 Å². The number of benzene rings is 2. The largest absolute Gasteiger partial charge is 0.383 e. The lowest BCUT2D eigenvalue weighted by atomic mass is 10.00. The van der Waals surface area contributed by atoms with Crippen LogP contribution in [0.2, 0.25) is 0 Å². The van der Waals surface area contributed by atoms with Crippen molar-refractivity contribution in [2.75, 3.05) is 11.1 Å². The van der Waals surface area contributed by atoms with E-state index in [0.717, 1.165) is 39.7 Å². The van der Waals surface area contributed by atoms with Gasteiger partial charge in [-0.2, -0.15) is 0 Å². The average Bonchev–Trinajstić information content (AvgIpc) is 3.09. The first-order valence-corrected chi connectivity index (χ1v) is 10.6. The zero-order chi connectivity index (χ0) is 23.0. The molecule has 0 aliphatic carbocycles. The van der Waals surface area contributed by atoms with Gasteiger partial charge in [0, 0.05) is 24.5 Å². The van der Waals surface area contributed by atoms with Crippen LogP contribution in [0.5, 0.6) is 0 Å². The van der Waals surface area contributed by atoms with Crippen molar-refractivity contribution in [2.45, 2.75) is 33.3 Å². The van der Waals surface area contributed by atoms with Crippen molar-refractivity contribution in [3.63, 3.8) is 0 Å². The molecule has 0 saturated carbocycles. The smallest absolute Gasteiger partial charge is 0.257 e. The Labute approximate surface area is 186 Å². The van der Waals surface area contributed by atoms with Crippen molar-refractivity contribution < 1.29 is 9.90 Å². The van der Waals surface area contributed by atoms with E-state index in [0.29, 0.717) is 22.9 Å². The van der Waals surface area contributed by atoms with Gasteiger partial charge in [-0.3, -0.25) is 4.79 Å². The minimum atomic E-state index is -1.24. The van der Waals surface area contributed by atoms with Crippen LogP contribution in [-0.2, 0) is 18.3 Å². The first kappa shape index (κ1) is 21.5. The molecule has 0 radical (unpaired) electrons. The molecule has 0 spiro atoms. The Morgan fingerprint density at radius 2 is 1.94 bits per heavy atom. The summed E-state index contributed by atoms with van der Waals surface area (Å²) in [5.41, 5.74) is 12.1. The molecule has 7 nitrogen and oxygen atoms in total. The third-order valence-electron chi connectivity index (χ3n) is 5.66. The number of aliphatic hydroxyl groups is 1. The van der Waals surface area contributed by atoms with Gasteiger partial charge >= 0.3 is 0 Å². The summed E-state index contributed by atoms with van der Waals surface area (Å²) in [4.78, 5) is 21.5. The monoisotopic (exact) mass is 429 g/mol. The number of rotatable bonds is 5. The Kier molecular flexibility index (Phi) is 5.67. The highest BCUT2D eigenvalue weighted by Gasteiger charge is 2.19. The highest BCUT2D eigenvalue weighted by atomic mass is 16.3. The topological polar surface area (TPSA) is 106 Å². The molecule has 0 bridgehead atoms. The van der Waals surface area contributed by atoms with Crippen LogP contribution in [0.1, 0.15) is 35.5 Å². The van der Waals surface area contributed by atoms with Crippen LogP contribution < -0.4 is 11.1 Å². The number of amides is 1. The zero-order valence-corrected chi connectivity index (χ0v) is 18.7. The van der Waals surface area contributed by atoms with Gasteiger partial charge < -0.3 is 20.7 Å². The number of carbonyl (C=O) groups excluding carboxylic acids is 1. The molecule has 4 rings (SSSR count). The molecule has 4 N–H and O–H groups in total. The second kappa shape index (κ2) is 8.43. The highest BCUT2D eigenvalue weighted by Crippen LogP contribution is 2.35. The molecule has 4 aromatic rings. The van der Waals surface area contributed by atoms with E-state index in [-0.39, 0.29) is 0 Å². The third kappa shape index (κ3) is 3.94. The van der Waals surface area contributed by atoms with Crippen molar-refractivity contribution in [2.24, 2.45) is 7.05 Å². The van der Waals surface area contributed by atoms with Crippen LogP contribution in [0.4, 0.5) is 11.5 Å². The Hall–Kier alpha value is -3.71. The normalized spacial score (nSPS) is 12.2. The molecule has 32 heavy (non-hydrogen) atoms. The van der Waals surface area contributed by atoms with E-state index in [2.05, 4.69) is 15.3 Å². The molecule has 1 atom stereocenters. The van der Waals surface area contributed by atoms with Crippen molar-refractivity contribution >= 4 is 28.4 Å². The lowest BCUT2D eigenvalue weighted by molar-refractivity contribution is -0.124. The van der Waals surface area contributed by atoms with Crippen LogP contribution in [-0.4, -0.2) is 25.5 Å². The Morgan fingerprint density at radius 1 is 1.16 bits per heavy atom. The predicted molar refractivity (Wildman–Crippen MR) is 127 cm³/mol. The van der Waals surface area contributed by atoms with E-state index in [4.69, 9.17) is 5.73 Å². The number of aryl methyl sites for hydroxylation is 4. The van der Waals surface area contributed by atoms with Gasteiger partial charge in [0.05, 0.1) is 5.39 Å². The van der Waals surface area contributed by atoms with E-state index in [1.54, 1.807) is 6.07 Å². The van der Waals surface area contributed by atoms with Gasteiger partial charge in [0.25, 0.3) is 5.91 Å². The molecule has 0 fully saturated rings. The van der Waals surface area contributed by atoms with E-state index >= 15 is 0 Å². The van der Waals surface area contributed by atoms with E-state index in [1.165, 1.54) is 0 Å². The second-order valence-corrected chi connectivity index (χ2v) is 8.03. The molecule has 2 heterocycles. The minimum absolute atomic E-state index is 0.442. The molecule has 0 aliphatic heterocycles. The molecule has 1 unspecified atom stereocenters. The quantitative estimate of drug-likeness (QED) is 0.443. The van der Waals surface area contributed by atoms with Crippen LogP contribution in [0.15, 0.2) is 48.7 Å². The number of aromatic nitrogens is 3.